The molecule has 0 aromatic rings. The minimum absolute atomic E-state index is 0. The first-order valence-electron chi connectivity index (χ1n) is 7.83. The third-order valence-electron chi connectivity index (χ3n) is 4.73. The highest BCUT2D eigenvalue weighted by atomic mass is 35.5. The average molecular weight is 340 g/mol. The molecule has 2 fully saturated rings. The van der Waals surface area contributed by atoms with Crippen LogP contribution >= 0.6 is 24.8 Å². The van der Waals surface area contributed by atoms with Gasteiger partial charge in [-0.25, -0.2) is 0 Å². The molecule has 0 aromatic heterocycles. The topological polar surface area (TPSA) is 58.4 Å². The van der Waals surface area contributed by atoms with Gasteiger partial charge in [-0.05, 0) is 51.5 Å². The fraction of sp³-hybridized carbons (Fsp3) is 0.933. The second-order valence-electron chi connectivity index (χ2n) is 6.61. The van der Waals surface area contributed by atoms with Crippen molar-refractivity contribution in [2.75, 3.05) is 19.6 Å². The van der Waals surface area contributed by atoms with Crippen LogP contribution in [0.2, 0.25) is 0 Å². The Morgan fingerprint density at radius 2 is 2.05 bits per heavy atom. The number of halogens is 2. The van der Waals surface area contributed by atoms with Crippen molar-refractivity contribution in [1.82, 2.24) is 10.2 Å². The molecule has 1 heterocycles. The molecule has 2 aliphatic rings. The highest BCUT2D eigenvalue weighted by molar-refractivity contribution is 5.85. The Kier molecular flexibility index (Phi) is 9.87. The number of likely N-dealkylation sites (tertiary alicyclic amines) is 1. The number of hydrogen-bond donors (Lipinski definition) is 2. The predicted octanol–water partition coefficient (Wildman–Crippen LogP) is 2.19. The van der Waals surface area contributed by atoms with Crippen LogP contribution in [0.5, 0.6) is 0 Å². The molecule has 2 rings (SSSR count). The van der Waals surface area contributed by atoms with Gasteiger partial charge in [-0.3, -0.25) is 9.69 Å². The van der Waals surface area contributed by atoms with Crippen molar-refractivity contribution >= 4 is 30.7 Å². The Morgan fingerprint density at radius 3 is 2.62 bits per heavy atom. The van der Waals surface area contributed by atoms with Crippen LogP contribution < -0.4 is 11.1 Å². The number of rotatable bonds is 4. The molecule has 1 saturated heterocycles. The number of hydrogen-bond acceptors (Lipinski definition) is 3. The largest absolute Gasteiger partial charge is 0.354 e. The van der Waals surface area contributed by atoms with Gasteiger partial charge in [0, 0.05) is 31.1 Å². The quantitative estimate of drug-likeness (QED) is 0.825. The minimum Gasteiger partial charge on any atom is -0.354 e. The molecule has 3 N–H and O–H groups in total. The van der Waals surface area contributed by atoms with Gasteiger partial charge < -0.3 is 11.1 Å². The standard InChI is InChI=1S/C15H29N3O.2ClH/c1-11-4-3-7-18(10-11)12(2)9-17-15(19)13-5-6-14(16)8-13;;/h11-14H,3-10,16H2,1-2H3,(H,17,19);2*1H. The molecule has 1 aliphatic heterocycles. The Balaban J connectivity index is 0.00000200. The third-order valence-corrected chi connectivity index (χ3v) is 4.73. The van der Waals surface area contributed by atoms with Crippen LogP contribution in [-0.2, 0) is 4.79 Å². The summed E-state index contributed by atoms with van der Waals surface area (Å²) in [4.78, 5) is 14.6. The van der Waals surface area contributed by atoms with Gasteiger partial charge in [-0.15, -0.1) is 24.8 Å². The van der Waals surface area contributed by atoms with E-state index in [2.05, 4.69) is 24.1 Å². The molecule has 1 aliphatic carbocycles. The lowest BCUT2D eigenvalue weighted by Gasteiger charge is -2.35. The van der Waals surface area contributed by atoms with Crippen molar-refractivity contribution in [1.29, 1.82) is 0 Å². The number of nitrogens with one attached hydrogen (secondary N) is 1. The first-order valence-corrected chi connectivity index (χ1v) is 7.83. The van der Waals surface area contributed by atoms with Crippen molar-refractivity contribution in [3.05, 3.63) is 0 Å². The summed E-state index contributed by atoms with van der Waals surface area (Å²) in [6.45, 7) is 7.66. The summed E-state index contributed by atoms with van der Waals surface area (Å²) >= 11 is 0. The van der Waals surface area contributed by atoms with Crippen LogP contribution in [-0.4, -0.2) is 42.5 Å². The molecule has 4 unspecified atom stereocenters. The Bertz CT molecular complexity index is 317. The third kappa shape index (κ3) is 6.31. The monoisotopic (exact) mass is 339 g/mol. The maximum atomic E-state index is 12.1. The molecule has 4 atom stereocenters. The molecule has 0 aromatic carbocycles. The fourth-order valence-electron chi connectivity index (χ4n) is 3.40. The van der Waals surface area contributed by atoms with E-state index in [1.54, 1.807) is 0 Å². The Labute approximate surface area is 141 Å². The molecule has 21 heavy (non-hydrogen) atoms. The van der Waals surface area contributed by atoms with Crippen molar-refractivity contribution in [3.8, 4) is 0 Å². The lowest BCUT2D eigenvalue weighted by molar-refractivity contribution is -0.125. The highest BCUT2D eigenvalue weighted by Gasteiger charge is 2.28. The first-order chi connectivity index (χ1) is 9.06. The van der Waals surface area contributed by atoms with Gasteiger partial charge in [0.1, 0.15) is 0 Å². The summed E-state index contributed by atoms with van der Waals surface area (Å²) < 4.78 is 0. The molecular formula is C15H31Cl2N3O. The van der Waals surface area contributed by atoms with E-state index in [4.69, 9.17) is 5.73 Å². The zero-order valence-corrected chi connectivity index (χ0v) is 14.8. The van der Waals surface area contributed by atoms with Crippen LogP contribution in [0.3, 0.4) is 0 Å². The van der Waals surface area contributed by atoms with Crippen molar-refractivity contribution in [2.24, 2.45) is 17.6 Å². The van der Waals surface area contributed by atoms with Crippen molar-refractivity contribution < 1.29 is 4.79 Å². The maximum absolute atomic E-state index is 12.1. The van der Waals surface area contributed by atoms with Crippen LogP contribution in [0, 0.1) is 11.8 Å². The number of nitrogens with two attached hydrogens (primary N) is 1. The van der Waals surface area contributed by atoms with Crippen molar-refractivity contribution in [2.45, 2.75) is 58.0 Å². The second-order valence-corrected chi connectivity index (χ2v) is 6.61. The lowest BCUT2D eigenvalue weighted by atomic mass is 9.99. The molecule has 126 valence electrons. The lowest BCUT2D eigenvalue weighted by Crippen LogP contribution is -2.47. The van der Waals surface area contributed by atoms with Crippen LogP contribution in [0.25, 0.3) is 0 Å². The molecule has 0 spiro atoms. The van der Waals surface area contributed by atoms with Gasteiger partial charge in [0.2, 0.25) is 5.91 Å². The van der Waals surface area contributed by atoms with Crippen molar-refractivity contribution in [3.63, 3.8) is 0 Å². The summed E-state index contributed by atoms with van der Waals surface area (Å²) in [5.74, 6) is 1.16. The Hall–Kier alpha value is -0.0300. The number of carbonyl (C=O) groups excluding carboxylic acids is 1. The summed E-state index contributed by atoms with van der Waals surface area (Å²) in [5, 5.41) is 3.12. The van der Waals surface area contributed by atoms with Gasteiger partial charge in [0.25, 0.3) is 0 Å². The van der Waals surface area contributed by atoms with E-state index >= 15 is 0 Å². The van der Waals surface area contributed by atoms with E-state index < -0.39 is 0 Å². The van der Waals surface area contributed by atoms with Crippen LogP contribution in [0.4, 0.5) is 0 Å². The zero-order chi connectivity index (χ0) is 13.8. The molecule has 4 nitrogen and oxygen atoms in total. The number of amides is 1. The van der Waals surface area contributed by atoms with Gasteiger partial charge >= 0.3 is 0 Å². The summed E-state index contributed by atoms with van der Waals surface area (Å²) in [5.41, 5.74) is 5.86. The van der Waals surface area contributed by atoms with E-state index in [-0.39, 0.29) is 42.7 Å². The summed E-state index contributed by atoms with van der Waals surface area (Å²) in [6.07, 6.45) is 5.45. The molecule has 1 amide bonds. The van der Waals surface area contributed by atoms with E-state index in [0.29, 0.717) is 6.04 Å². The highest BCUT2D eigenvalue weighted by Crippen LogP contribution is 2.24. The number of carbonyl (C=O) groups is 1. The van der Waals surface area contributed by atoms with Gasteiger partial charge in [0.05, 0.1) is 0 Å². The van der Waals surface area contributed by atoms with E-state index in [1.807, 2.05) is 0 Å². The SMILES string of the molecule is CC1CCCN(C(C)CNC(=O)C2CCC(N)C2)C1.Cl.Cl. The average Bonchev–Trinajstić information content (AvgIpc) is 2.82. The maximum Gasteiger partial charge on any atom is 0.223 e. The normalized spacial score (nSPS) is 30.9. The van der Waals surface area contributed by atoms with Crippen LogP contribution in [0.1, 0.15) is 46.0 Å². The van der Waals surface area contributed by atoms with E-state index in [1.165, 1.54) is 25.9 Å². The fourth-order valence-corrected chi connectivity index (χ4v) is 3.40. The van der Waals surface area contributed by atoms with Crippen LogP contribution in [0.15, 0.2) is 0 Å². The summed E-state index contributed by atoms with van der Waals surface area (Å²) in [6, 6.07) is 0.679. The van der Waals surface area contributed by atoms with E-state index in [0.717, 1.165) is 31.7 Å². The summed E-state index contributed by atoms with van der Waals surface area (Å²) in [7, 11) is 0. The van der Waals surface area contributed by atoms with Gasteiger partial charge in [0.15, 0.2) is 0 Å². The molecular weight excluding hydrogens is 309 g/mol. The number of piperidine rings is 1. The molecule has 6 heteroatoms. The smallest absolute Gasteiger partial charge is 0.223 e. The first kappa shape index (κ1) is 21.0. The Morgan fingerprint density at radius 1 is 1.33 bits per heavy atom. The van der Waals surface area contributed by atoms with Gasteiger partial charge in [-0.2, -0.15) is 0 Å². The second kappa shape index (κ2) is 9.88. The molecule has 0 radical (unpaired) electrons. The zero-order valence-electron chi connectivity index (χ0n) is 13.2. The molecule has 0 bridgehead atoms. The van der Waals surface area contributed by atoms with E-state index in [9.17, 15) is 4.79 Å². The minimum atomic E-state index is 0. The molecule has 1 saturated carbocycles. The van der Waals surface area contributed by atoms with Gasteiger partial charge in [-0.1, -0.05) is 6.92 Å². The predicted molar refractivity (Wildman–Crippen MR) is 92.3 cm³/mol. The number of nitrogens with zero attached hydrogens (tertiary/aromatic N) is 1.